The van der Waals surface area contributed by atoms with Gasteiger partial charge >= 0.3 is 0 Å². The van der Waals surface area contributed by atoms with E-state index in [-0.39, 0.29) is 11.9 Å². The maximum Gasteiger partial charge on any atom is 0.254 e. The lowest BCUT2D eigenvalue weighted by Gasteiger charge is -2.26. The van der Waals surface area contributed by atoms with Gasteiger partial charge in [-0.15, -0.1) is 0 Å². The fraction of sp³-hybridized carbons (Fsp3) is 0.360. The summed E-state index contributed by atoms with van der Waals surface area (Å²) < 4.78 is 21.9. The Kier molecular flexibility index (Phi) is 6.35. The normalized spacial score (nSPS) is 15.6. The predicted octanol–water partition coefficient (Wildman–Crippen LogP) is 4.86. The molecule has 4 rings (SSSR count). The zero-order valence-corrected chi connectivity index (χ0v) is 18.9. The lowest BCUT2D eigenvalue weighted by atomic mass is 10.0. The van der Waals surface area contributed by atoms with Crippen molar-refractivity contribution < 1.29 is 23.5 Å². The van der Waals surface area contributed by atoms with Crippen LogP contribution in [0.1, 0.15) is 51.8 Å². The number of rotatable bonds is 7. The minimum absolute atomic E-state index is 0.00245. The van der Waals surface area contributed by atoms with Gasteiger partial charge in [0.1, 0.15) is 29.6 Å². The standard InChI is InChI=1S/C25H28N2O5/c1-16-22(17(2)32-26-16)15-31-19-9-7-18(8-10-19)25(28)27-13-5-6-23(27)21-12-11-20(29-3)14-24(21)30-4/h7-12,14,23H,5-6,13,15H2,1-4H3/t23-/m1/s1. The Morgan fingerprint density at radius 2 is 1.84 bits per heavy atom. The van der Waals surface area contributed by atoms with Crippen LogP contribution in [0.25, 0.3) is 0 Å². The third-order valence-electron chi connectivity index (χ3n) is 5.98. The number of aromatic nitrogens is 1. The van der Waals surface area contributed by atoms with Gasteiger partial charge in [0.15, 0.2) is 0 Å². The number of carbonyl (C=O) groups is 1. The Labute approximate surface area is 187 Å². The maximum absolute atomic E-state index is 13.3. The van der Waals surface area contributed by atoms with Crippen LogP contribution in [0.5, 0.6) is 17.2 Å². The molecule has 1 fully saturated rings. The van der Waals surface area contributed by atoms with Crippen molar-refractivity contribution in [1.29, 1.82) is 0 Å². The zero-order chi connectivity index (χ0) is 22.7. The average molecular weight is 437 g/mol. The molecule has 0 radical (unpaired) electrons. The van der Waals surface area contributed by atoms with Gasteiger partial charge in [-0.2, -0.15) is 0 Å². The number of likely N-dealkylation sites (tertiary alicyclic amines) is 1. The lowest BCUT2D eigenvalue weighted by molar-refractivity contribution is 0.0734. The van der Waals surface area contributed by atoms with Crippen molar-refractivity contribution in [3.05, 3.63) is 70.6 Å². The Bertz CT molecular complexity index is 1070. The molecule has 1 saturated heterocycles. The fourth-order valence-electron chi connectivity index (χ4n) is 4.15. The summed E-state index contributed by atoms with van der Waals surface area (Å²) in [6.45, 7) is 4.84. The van der Waals surface area contributed by atoms with Crippen LogP contribution in [0.4, 0.5) is 0 Å². The third-order valence-corrected chi connectivity index (χ3v) is 5.98. The molecule has 1 amide bonds. The van der Waals surface area contributed by atoms with Crippen molar-refractivity contribution in [3.63, 3.8) is 0 Å². The van der Waals surface area contributed by atoms with Gasteiger partial charge in [-0.1, -0.05) is 5.16 Å². The van der Waals surface area contributed by atoms with Crippen molar-refractivity contribution in [2.75, 3.05) is 20.8 Å². The molecule has 7 heteroatoms. The molecule has 0 unspecified atom stereocenters. The Hall–Kier alpha value is -3.48. The summed E-state index contributed by atoms with van der Waals surface area (Å²) in [5, 5.41) is 3.94. The van der Waals surface area contributed by atoms with E-state index in [2.05, 4.69) is 5.16 Å². The van der Waals surface area contributed by atoms with Crippen molar-refractivity contribution in [2.24, 2.45) is 0 Å². The molecule has 1 aliphatic heterocycles. The molecule has 1 atom stereocenters. The second-order valence-corrected chi connectivity index (χ2v) is 7.88. The average Bonchev–Trinajstić information content (AvgIpc) is 3.43. The van der Waals surface area contributed by atoms with E-state index in [0.717, 1.165) is 46.9 Å². The third kappa shape index (κ3) is 4.28. The first-order valence-corrected chi connectivity index (χ1v) is 10.7. The second-order valence-electron chi connectivity index (χ2n) is 7.88. The van der Waals surface area contributed by atoms with E-state index in [1.165, 1.54) is 0 Å². The number of hydrogen-bond donors (Lipinski definition) is 0. The highest BCUT2D eigenvalue weighted by Gasteiger charge is 2.32. The van der Waals surface area contributed by atoms with E-state index in [1.54, 1.807) is 14.2 Å². The molecule has 0 spiro atoms. The second kappa shape index (κ2) is 9.34. The van der Waals surface area contributed by atoms with Gasteiger partial charge in [-0.3, -0.25) is 4.79 Å². The van der Waals surface area contributed by atoms with Crippen molar-refractivity contribution in [2.45, 2.75) is 39.3 Å². The highest BCUT2D eigenvalue weighted by Crippen LogP contribution is 2.39. The first-order chi connectivity index (χ1) is 15.5. The molecular weight excluding hydrogens is 408 g/mol. The SMILES string of the molecule is COc1ccc([C@H]2CCCN2C(=O)c2ccc(OCc3c(C)noc3C)cc2)c(OC)c1. The summed E-state index contributed by atoms with van der Waals surface area (Å²) in [7, 11) is 3.27. The summed E-state index contributed by atoms with van der Waals surface area (Å²) in [5.74, 6) is 2.91. The van der Waals surface area contributed by atoms with Gasteiger partial charge in [0.25, 0.3) is 5.91 Å². The summed E-state index contributed by atoms with van der Waals surface area (Å²) >= 11 is 0. The molecule has 0 saturated carbocycles. The van der Waals surface area contributed by atoms with E-state index >= 15 is 0 Å². The molecule has 0 aliphatic carbocycles. The van der Waals surface area contributed by atoms with E-state index in [1.807, 2.05) is 61.2 Å². The summed E-state index contributed by atoms with van der Waals surface area (Å²) in [4.78, 5) is 15.2. The van der Waals surface area contributed by atoms with Crippen LogP contribution in [0.2, 0.25) is 0 Å². The number of nitrogens with zero attached hydrogens (tertiary/aromatic N) is 2. The number of amides is 1. The predicted molar refractivity (Wildman–Crippen MR) is 119 cm³/mol. The number of methoxy groups -OCH3 is 2. The van der Waals surface area contributed by atoms with E-state index in [0.29, 0.717) is 24.5 Å². The van der Waals surface area contributed by atoms with Crippen LogP contribution in [-0.4, -0.2) is 36.7 Å². The van der Waals surface area contributed by atoms with Crippen LogP contribution in [0.3, 0.4) is 0 Å². The first kappa shape index (κ1) is 21.7. The fourth-order valence-corrected chi connectivity index (χ4v) is 4.15. The molecule has 2 aromatic carbocycles. The lowest BCUT2D eigenvalue weighted by Crippen LogP contribution is -2.30. The van der Waals surface area contributed by atoms with Crippen LogP contribution in [0, 0.1) is 13.8 Å². The Morgan fingerprint density at radius 1 is 1.09 bits per heavy atom. The maximum atomic E-state index is 13.3. The van der Waals surface area contributed by atoms with Gasteiger partial charge in [-0.25, -0.2) is 0 Å². The summed E-state index contributed by atoms with van der Waals surface area (Å²) in [6, 6.07) is 13.0. The number of hydrogen-bond acceptors (Lipinski definition) is 6. The zero-order valence-electron chi connectivity index (χ0n) is 18.9. The van der Waals surface area contributed by atoms with Gasteiger partial charge in [-0.05, 0) is 63.1 Å². The van der Waals surface area contributed by atoms with E-state index in [9.17, 15) is 4.79 Å². The molecule has 0 bridgehead atoms. The van der Waals surface area contributed by atoms with Crippen molar-refractivity contribution in [3.8, 4) is 17.2 Å². The first-order valence-electron chi connectivity index (χ1n) is 10.7. The molecule has 168 valence electrons. The monoisotopic (exact) mass is 436 g/mol. The van der Waals surface area contributed by atoms with Crippen LogP contribution in [0.15, 0.2) is 47.0 Å². The number of carbonyl (C=O) groups excluding carboxylic acids is 1. The van der Waals surface area contributed by atoms with E-state index < -0.39 is 0 Å². The quantitative estimate of drug-likeness (QED) is 0.526. The topological polar surface area (TPSA) is 74.0 Å². The van der Waals surface area contributed by atoms with Gasteiger partial charge < -0.3 is 23.6 Å². The highest BCUT2D eigenvalue weighted by atomic mass is 16.5. The van der Waals surface area contributed by atoms with Crippen molar-refractivity contribution >= 4 is 5.91 Å². The largest absolute Gasteiger partial charge is 0.497 e. The van der Waals surface area contributed by atoms with Crippen LogP contribution in [-0.2, 0) is 6.61 Å². The van der Waals surface area contributed by atoms with Gasteiger partial charge in [0, 0.05) is 23.7 Å². The van der Waals surface area contributed by atoms with Gasteiger partial charge in [0.2, 0.25) is 0 Å². The molecule has 32 heavy (non-hydrogen) atoms. The molecule has 1 aromatic heterocycles. The smallest absolute Gasteiger partial charge is 0.254 e. The summed E-state index contributed by atoms with van der Waals surface area (Å²) in [5.41, 5.74) is 3.40. The highest BCUT2D eigenvalue weighted by molar-refractivity contribution is 5.94. The minimum atomic E-state index is -0.0289. The number of ether oxygens (including phenoxy) is 3. The summed E-state index contributed by atoms with van der Waals surface area (Å²) in [6.07, 6.45) is 1.84. The van der Waals surface area contributed by atoms with Gasteiger partial charge in [0.05, 0.1) is 31.5 Å². The van der Waals surface area contributed by atoms with E-state index in [4.69, 9.17) is 18.7 Å². The van der Waals surface area contributed by atoms with Crippen molar-refractivity contribution in [1.82, 2.24) is 10.1 Å². The molecule has 2 heterocycles. The molecule has 0 N–H and O–H groups in total. The molecular formula is C25H28N2O5. The Balaban J connectivity index is 1.47. The molecule has 3 aromatic rings. The number of benzene rings is 2. The van der Waals surface area contributed by atoms with Crippen LogP contribution < -0.4 is 14.2 Å². The molecule has 1 aliphatic rings. The molecule has 7 nitrogen and oxygen atoms in total. The van der Waals surface area contributed by atoms with Crippen LogP contribution >= 0.6 is 0 Å². The number of aryl methyl sites for hydroxylation is 2. The minimum Gasteiger partial charge on any atom is -0.497 e. The Morgan fingerprint density at radius 3 is 2.50 bits per heavy atom.